The second-order valence-corrected chi connectivity index (χ2v) is 5.07. The van der Waals surface area contributed by atoms with Crippen LogP contribution in [0.25, 0.3) is 0 Å². The maximum absolute atomic E-state index is 12.7. The molecule has 0 radical (unpaired) electrons. The molecule has 0 saturated heterocycles. The van der Waals surface area contributed by atoms with E-state index in [0.717, 1.165) is 17.7 Å². The molecule has 2 aromatic rings. The summed E-state index contributed by atoms with van der Waals surface area (Å²) in [6.45, 7) is 0.196. The van der Waals surface area contributed by atoms with Crippen LogP contribution in [0.4, 0.5) is 13.2 Å². The third-order valence-electron chi connectivity index (χ3n) is 2.96. The normalized spacial score (nSPS) is 11.3. The van der Waals surface area contributed by atoms with E-state index in [2.05, 4.69) is 0 Å². The van der Waals surface area contributed by atoms with E-state index in [1.165, 1.54) is 6.07 Å². The fourth-order valence-electron chi connectivity index (χ4n) is 1.87. The molecule has 0 spiro atoms. The van der Waals surface area contributed by atoms with Gasteiger partial charge in [-0.2, -0.15) is 13.2 Å². The van der Waals surface area contributed by atoms with Crippen molar-refractivity contribution < 1.29 is 22.7 Å². The Morgan fingerprint density at radius 2 is 1.77 bits per heavy atom. The molecule has 0 aliphatic heterocycles. The Bertz CT molecular complexity index is 651. The van der Waals surface area contributed by atoms with E-state index in [0.29, 0.717) is 17.7 Å². The van der Waals surface area contributed by atoms with Gasteiger partial charge in [-0.15, -0.1) is 0 Å². The zero-order chi connectivity index (χ0) is 16.2. The molecule has 0 heterocycles. The third kappa shape index (κ3) is 4.49. The monoisotopic (exact) mass is 328 g/mol. The fourth-order valence-corrected chi connectivity index (χ4v) is 2.00. The minimum absolute atomic E-state index is 0.0193. The van der Waals surface area contributed by atoms with Gasteiger partial charge in [-0.05, 0) is 35.9 Å². The smallest absolute Gasteiger partial charge is 0.416 e. The Morgan fingerprint density at radius 3 is 2.36 bits per heavy atom. The summed E-state index contributed by atoms with van der Waals surface area (Å²) in [4.78, 5) is 10.7. The van der Waals surface area contributed by atoms with Gasteiger partial charge in [-0.3, -0.25) is 4.79 Å². The second kappa shape index (κ2) is 6.83. The van der Waals surface area contributed by atoms with E-state index in [1.54, 1.807) is 12.1 Å². The molecule has 0 bridgehead atoms. The first kappa shape index (κ1) is 16.4. The van der Waals surface area contributed by atoms with Crippen LogP contribution in [0.15, 0.2) is 42.5 Å². The predicted molar refractivity (Wildman–Crippen MR) is 77.5 cm³/mol. The molecular formula is C16H12ClF3O2. The molecule has 0 aromatic heterocycles. The lowest BCUT2D eigenvalue weighted by molar-refractivity contribution is -0.137. The van der Waals surface area contributed by atoms with Gasteiger partial charge < -0.3 is 4.74 Å². The highest BCUT2D eigenvalue weighted by atomic mass is 35.5. The van der Waals surface area contributed by atoms with Gasteiger partial charge in [-0.25, -0.2) is 0 Å². The number of carbonyl (C=O) groups excluding carboxylic acids is 1. The Hall–Kier alpha value is -2.01. The number of aldehydes is 1. The number of benzene rings is 2. The molecule has 22 heavy (non-hydrogen) atoms. The summed E-state index contributed by atoms with van der Waals surface area (Å²) in [7, 11) is 0. The highest BCUT2D eigenvalue weighted by molar-refractivity contribution is 6.30. The van der Waals surface area contributed by atoms with Crippen molar-refractivity contribution in [3.05, 3.63) is 64.2 Å². The largest absolute Gasteiger partial charge is 0.493 e. The molecular weight excluding hydrogens is 317 g/mol. The van der Waals surface area contributed by atoms with Crippen LogP contribution in [-0.4, -0.2) is 12.9 Å². The number of hydrogen-bond donors (Lipinski definition) is 0. The van der Waals surface area contributed by atoms with E-state index in [-0.39, 0.29) is 17.9 Å². The van der Waals surface area contributed by atoms with E-state index in [9.17, 15) is 18.0 Å². The van der Waals surface area contributed by atoms with Gasteiger partial charge >= 0.3 is 6.18 Å². The Kier molecular flexibility index (Phi) is 5.08. The molecule has 0 saturated carbocycles. The zero-order valence-electron chi connectivity index (χ0n) is 11.4. The quantitative estimate of drug-likeness (QED) is 0.737. The van der Waals surface area contributed by atoms with Gasteiger partial charge in [0, 0.05) is 17.0 Å². The lowest BCUT2D eigenvalue weighted by Crippen LogP contribution is -2.07. The molecule has 0 fully saturated rings. The van der Waals surface area contributed by atoms with Crippen molar-refractivity contribution in [3.63, 3.8) is 0 Å². The van der Waals surface area contributed by atoms with Gasteiger partial charge in [0.15, 0.2) is 0 Å². The molecule has 2 nitrogen and oxygen atoms in total. The molecule has 0 amide bonds. The summed E-state index contributed by atoms with van der Waals surface area (Å²) in [5.41, 5.74) is -0.0260. The van der Waals surface area contributed by atoms with Gasteiger partial charge in [-0.1, -0.05) is 23.7 Å². The number of halogens is 4. The maximum Gasteiger partial charge on any atom is 0.416 e. The van der Waals surface area contributed by atoms with Gasteiger partial charge in [0.2, 0.25) is 0 Å². The molecule has 116 valence electrons. The van der Waals surface area contributed by atoms with Crippen molar-refractivity contribution in [2.24, 2.45) is 0 Å². The van der Waals surface area contributed by atoms with Crippen LogP contribution in [0.1, 0.15) is 21.5 Å². The highest BCUT2D eigenvalue weighted by Gasteiger charge is 2.31. The lowest BCUT2D eigenvalue weighted by atomic mass is 10.1. The van der Waals surface area contributed by atoms with Gasteiger partial charge in [0.1, 0.15) is 12.0 Å². The van der Waals surface area contributed by atoms with Gasteiger partial charge in [0.05, 0.1) is 12.2 Å². The standard InChI is InChI=1S/C16H12ClF3O2/c17-14-3-1-11(2-4-14)5-6-22-15-8-12(10-21)7-13(9-15)16(18,19)20/h1-4,7-10H,5-6H2. The van der Waals surface area contributed by atoms with Crippen LogP contribution < -0.4 is 4.74 Å². The summed E-state index contributed by atoms with van der Waals surface area (Å²) in [6.07, 6.45) is -3.64. The summed E-state index contributed by atoms with van der Waals surface area (Å²) in [6, 6.07) is 10.0. The number of rotatable bonds is 5. The molecule has 0 N–H and O–H groups in total. The van der Waals surface area contributed by atoms with Crippen LogP contribution in [-0.2, 0) is 12.6 Å². The van der Waals surface area contributed by atoms with Gasteiger partial charge in [0.25, 0.3) is 0 Å². The minimum Gasteiger partial charge on any atom is -0.493 e. The average molecular weight is 329 g/mol. The number of ether oxygens (including phenoxy) is 1. The Balaban J connectivity index is 2.05. The fraction of sp³-hybridized carbons (Fsp3) is 0.188. The van der Waals surface area contributed by atoms with Crippen molar-refractivity contribution in [2.75, 3.05) is 6.61 Å². The first-order valence-electron chi connectivity index (χ1n) is 6.43. The topological polar surface area (TPSA) is 26.3 Å². The SMILES string of the molecule is O=Cc1cc(OCCc2ccc(Cl)cc2)cc(C(F)(F)F)c1. The van der Waals surface area contributed by atoms with Crippen LogP contribution in [0.2, 0.25) is 5.02 Å². The van der Waals surface area contributed by atoms with Crippen molar-refractivity contribution in [3.8, 4) is 5.75 Å². The number of carbonyl (C=O) groups is 1. The zero-order valence-corrected chi connectivity index (χ0v) is 12.1. The Morgan fingerprint density at radius 1 is 1.09 bits per heavy atom. The molecule has 0 aliphatic rings. The molecule has 0 aliphatic carbocycles. The van der Waals surface area contributed by atoms with Crippen molar-refractivity contribution in [1.29, 1.82) is 0 Å². The van der Waals surface area contributed by atoms with E-state index < -0.39 is 11.7 Å². The molecule has 0 unspecified atom stereocenters. The van der Waals surface area contributed by atoms with E-state index in [1.807, 2.05) is 12.1 Å². The van der Waals surface area contributed by atoms with Crippen molar-refractivity contribution in [2.45, 2.75) is 12.6 Å². The third-order valence-corrected chi connectivity index (χ3v) is 3.22. The van der Waals surface area contributed by atoms with Crippen LogP contribution >= 0.6 is 11.6 Å². The second-order valence-electron chi connectivity index (χ2n) is 4.63. The maximum atomic E-state index is 12.7. The summed E-state index contributed by atoms with van der Waals surface area (Å²) < 4.78 is 43.5. The number of hydrogen-bond acceptors (Lipinski definition) is 2. The first-order chi connectivity index (χ1) is 10.4. The summed E-state index contributed by atoms with van der Waals surface area (Å²) >= 11 is 5.76. The molecule has 2 rings (SSSR count). The molecule has 2 aromatic carbocycles. The van der Waals surface area contributed by atoms with Crippen LogP contribution in [0.5, 0.6) is 5.75 Å². The van der Waals surface area contributed by atoms with Crippen molar-refractivity contribution >= 4 is 17.9 Å². The summed E-state index contributed by atoms with van der Waals surface area (Å²) in [5, 5.41) is 0.609. The van der Waals surface area contributed by atoms with E-state index in [4.69, 9.17) is 16.3 Å². The van der Waals surface area contributed by atoms with E-state index >= 15 is 0 Å². The van der Waals surface area contributed by atoms with Crippen LogP contribution in [0.3, 0.4) is 0 Å². The van der Waals surface area contributed by atoms with Crippen molar-refractivity contribution in [1.82, 2.24) is 0 Å². The van der Waals surface area contributed by atoms with Crippen LogP contribution in [0, 0.1) is 0 Å². The first-order valence-corrected chi connectivity index (χ1v) is 6.81. The lowest BCUT2D eigenvalue weighted by Gasteiger charge is -2.11. The average Bonchev–Trinajstić information content (AvgIpc) is 2.48. The predicted octanol–water partition coefficient (Wildman–Crippen LogP) is 4.79. The Labute approximate surface area is 130 Å². The summed E-state index contributed by atoms with van der Waals surface area (Å²) in [5.74, 6) is 0.0193. The molecule has 0 atom stereocenters. The molecule has 6 heteroatoms. The number of alkyl halides is 3. The highest BCUT2D eigenvalue weighted by Crippen LogP contribution is 2.32. The minimum atomic E-state index is -4.52.